The van der Waals surface area contributed by atoms with Crippen LogP contribution in [0.2, 0.25) is 0 Å². The molecule has 0 spiro atoms. The van der Waals surface area contributed by atoms with Crippen LogP contribution in [0.4, 0.5) is 0 Å². The average molecular weight is 919 g/mol. The van der Waals surface area contributed by atoms with Crippen LogP contribution in [0.5, 0.6) is 0 Å². The van der Waals surface area contributed by atoms with Crippen LogP contribution in [0.1, 0.15) is 191 Å². The summed E-state index contributed by atoms with van der Waals surface area (Å²) in [7, 11) is 0. The molecule has 0 radical (unpaired) electrons. The lowest BCUT2D eigenvalue weighted by Crippen LogP contribution is -2.68. The zero-order valence-electron chi connectivity index (χ0n) is 42.0. The highest BCUT2D eigenvalue weighted by molar-refractivity contribution is 5.77. The predicted molar refractivity (Wildman–Crippen MR) is 249 cm³/mol. The highest BCUT2D eigenvalue weighted by Crippen LogP contribution is 2.68. The maximum Gasteiger partial charge on any atom is 0.332 e. The van der Waals surface area contributed by atoms with Crippen LogP contribution in [0, 0.1) is 52.3 Å². The number of carboxylic acid groups (broad SMARTS) is 1. The Morgan fingerprint density at radius 2 is 1.15 bits per heavy atom. The zero-order valence-corrected chi connectivity index (χ0v) is 42.0. The minimum Gasteiger partial charge on any atom is -0.481 e. The zero-order chi connectivity index (χ0) is 47.3. The minimum absolute atomic E-state index is 0.0968. The summed E-state index contributed by atoms with van der Waals surface area (Å²) in [4.78, 5) is 51.7. The van der Waals surface area contributed by atoms with Gasteiger partial charge in [0.25, 0.3) is 0 Å². The first-order valence-electron chi connectivity index (χ1n) is 26.3. The third-order valence-electron chi connectivity index (χ3n) is 17.0. The fraction of sp³-hybridized carbons (Fsp3) is 0.925. The lowest BCUT2D eigenvalue weighted by molar-refractivity contribution is -0.271. The molecule has 0 aromatic heterocycles. The topological polar surface area (TPSA) is 153 Å². The standard InChI is InChI=1S/C53H90O12/c1-10-13-29-59-46-47(60-30-14-11-2)49(63-36(7)54)51(50(48(46)61-31-15-12-3)64-44(57)24-23-43(55)56)65-45(58)33-62-38-25-27-52(8)37(32-38)19-20-39-41-22-21-40(35(6)18-16-17-34(4)5)53(41,9)28-26-42(39)52/h34-35,37-42,46-51H,10-33H2,1-9H3,(H,55,56)/t35?,37?,38-,39?,40+,41?,42?,46+,47+,48-,49+,50+,51+,52-,53+/m0/s1. The molecule has 5 unspecified atom stereocenters. The Morgan fingerprint density at radius 1 is 0.600 bits per heavy atom. The SMILES string of the molecule is CCCCO[C@@H]1[C@@H](OCCCC)[C@@H](OC(C)=O)[C@@H](OC(=O)CO[C@H]2CC[C@@]3(C)C(CCC4C3CC[C@@]3(C)C4CC[C@@H]3C(C)CCCC(C)C)C2)[C@H](OC(=O)CCC(=O)O)[C@H]1OCCCC. The van der Waals surface area contributed by atoms with Crippen molar-refractivity contribution >= 4 is 23.9 Å². The molecule has 0 bridgehead atoms. The lowest BCUT2D eigenvalue weighted by atomic mass is 9.44. The van der Waals surface area contributed by atoms with Crippen molar-refractivity contribution in [3.63, 3.8) is 0 Å². The molecule has 1 N–H and O–H groups in total. The van der Waals surface area contributed by atoms with Gasteiger partial charge in [-0.1, -0.05) is 93.9 Å². The van der Waals surface area contributed by atoms with Gasteiger partial charge in [0.15, 0.2) is 18.3 Å². The van der Waals surface area contributed by atoms with Crippen molar-refractivity contribution in [3.8, 4) is 0 Å². The van der Waals surface area contributed by atoms with Gasteiger partial charge in [-0.05, 0) is 129 Å². The molecule has 0 heterocycles. The molecule has 12 heteroatoms. The number of carboxylic acids is 1. The van der Waals surface area contributed by atoms with Gasteiger partial charge in [-0.25, -0.2) is 4.79 Å². The van der Waals surface area contributed by atoms with Crippen molar-refractivity contribution in [1.29, 1.82) is 0 Å². The molecule has 0 aromatic rings. The summed E-state index contributed by atoms with van der Waals surface area (Å²) in [6.07, 6.45) is 12.0. The first-order chi connectivity index (χ1) is 31.1. The highest BCUT2D eigenvalue weighted by Gasteiger charge is 2.61. The van der Waals surface area contributed by atoms with E-state index in [1.807, 2.05) is 20.8 Å². The van der Waals surface area contributed by atoms with Gasteiger partial charge in [0.1, 0.15) is 24.9 Å². The molecule has 15 atom stereocenters. The number of carbonyl (C=O) groups excluding carboxylic acids is 3. The molecule has 0 saturated heterocycles. The van der Waals surface area contributed by atoms with Crippen molar-refractivity contribution in [1.82, 2.24) is 0 Å². The number of aliphatic carboxylic acids is 1. The second kappa shape index (κ2) is 25.4. The quantitative estimate of drug-likeness (QED) is 0.0499. The van der Waals surface area contributed by atoms with Crippen LogP contribution in [0.15, 0.2) is 0 Å². The largest absolute Gasteiger partial charge is 0.481 e. The third kappa shape index (κ3) is 13.7. The van der Waals surface area contributed by atoms with Crippen LogP contribution >= 0.6 is 0 Å². The molecular weight excluding hydrogens is 829 g/mol. The van der Waals surface area contributed by atoms with Gasteiger partial charge in [-0.15, -0.1) is 0 Å². The number of esters is 3. The molecule has 5 saturated carbocycles. The van der Waals surface area contributed by atoms with E-state index in [1.165, 1.54) is 64.7 Å². The first-order valence-corrected chi connectivity index (χ1v) is 26.3. The van der Waals surface area contributed by atoms with E-state index in [-0.39, 0.29) is 18.1 Å². The molecular formula is C53H90O12. The van der Waals surface area contributed by atoms with E-state index in [2.05, 4.69) is 34.6 Å². The normalized spacial score (nSPS) is 36.0. The Morgan fingerprint density at radius 3 is 1.74 bits per heavy atom. The average Bonchev–Trinajstić information content (AvgIpc) is 3.62. The van der Waals surface area contributed by atoms with E-state index in [1.54, 1.807) is 0 Å². The highest BCUT2D eigenvalue weighted by atomic mass is 16.7. The van der Waals surface area contributed by atoms with Crippen LogP contribution in [0.3, 0.4) is 0 Å². The second-order valence-electron chi connectivity index (χ2n) is 21.8. The molecule has 12 nitrogen and oxygen atoms in total. The first kappa shape index (κ1) is 53.7. The van der Waals surface area contributed by atoms with Gasteiger partial charge < -0.3 is 38.3 Å². The molecule has 0 amide bonds. The van der Waals surface area contributed by atoms with Crippen LogP contribution < -0.4 is 0 Å². The number of hydrogen-bond acceptors (Lipinski definition) is 11. The van der Waals surface area contributed by atoms with Crippen molar-refractivity contribution in [2.75, 3.05) is 26.4 Å². The molecule has 5 aliphatic rings. The molecule has 5 aliphatic carbocycles. The Kier molecular flexibility index (Phi) is 20.9. The molecule has 5 fully saturated rings. The number of rotatable bonds is 26. The predicted octanol–water partition coefficient (Wildman–Crippen LogP) is 10.7. The smallest absolute Gasteiger partial charge is 0.332 e. The van der Waals surface area contributed by atoms with Gasteiger partial charge >= 0.3 is 23.9 Å². The maximum atomic E-state index is 14.1. The van der Waals surface area contributed by atoms with Gasteiger partial charge in [-0.2, -0.15) is 0 Å². The van der Waals surface area contributed by atoms with Crippen molar-refractivity contribution < 1.29 is 57.4 Å². The van der Waals surface area contributed by atoms with E-state index in [4.69, 9.17) is 33.2 Å². The summed E-state index contributed by atoms with van der Waals surface area (Å²) < 4.78 is 44.0. The number of hydrogen-bond donors (Lipinski definition) is 1. The van der Waals surface area contributed by atoms with E-state index < -0.39 is 73.3 Å². The molecule has 0 aliphatic heterocycles. The Labute approximate surface area is 392 Å². The van der Waals surface area contributed by atoms with Crippen LogP contribution in [-0.2, 0) is 52.3 Å². The van der Waals surface area contributed by atoms with Gasteiger partial charge in [0.2, 0.25) is 0 Å². The van der Waals surface area contributed by atoms with Gasteiger partial charge in [0.05, 0.1) is 18.9 Å². The van der Waals surface area contributed by atoms with Gasteiger partial charge in [-0.3, -0.25) is 14.4 Å². The summed E-state index contributed by atoms with van der Waals surface area (Å²) in [5.41, 5.74) is 0.717. The summed E-state index contributed by atoms with van der Waals surface area (Å²) in [5, 5.41) is 9.36. The number of fused-ring (bicyclic) bond motifs is 5. The Bertz CT molecular complexity index is 1500. The number of ether oxygens (including phenoxy) is 7. The number of unbranched alkanes of at least 4 members (excludes halogenated alkanes) is 3. The summed E-state index contributed by atoms with van der Waals surface area (Å²) >= 11 is 0. The fourth-order valence-corrected chi connectivity index (χ4v) is 13.6. The number of carbonyl (C=O) groups is 4. The monoisotopic (exact) mass is 919 g/mol. The molecule has 374 valence electrons. The fourth-order valence-electron chi connectivity index (χ4n) is 13.6. The maximum absolute atomic E-state index is 14.1. The van der Waals surface area contributed by atoms with Crippen molar-refractivity contribution in [2.24, 2.45) is 52.3 Å². The van der Waals surface area contributed by atoms with E-state index >= 15 is 0 Å². The Balaban J connectivity index is 1.30. The lowest BCUT2D eigenvalue weighted by Gasteiger charge is -2.61. The van der Waals surface area contributed by atoms with E-state index in [0.717, 1.165) is 86.9 Å². The van der Waals surface area contributed by atoms with Crippen molar-refractivity contribution in [3.05, 3.63) is 0 Å². The van der Waals surface area contributed by atoms with E-state index in [0.29, 0.717) is 37.6 Å². The van der Waals surface area contributed by atoms with Crippen LogP contribution in [0.25, 0.3) is 0 Å². The van der Waals surface area contributed by atoms with E-state index in [9.17, 15) is 24.3 Å². The third-order valence-corrected chi connectivity index (χ3v) is 17.0. The van der Waals surface area contributed by atoms with Crippen molar-refractivity contribution in [2.45, 2.75) is 233 Å². The molecule has 0 aromatic carbocycles. The minimum atomic E-state index is -1.34. The van der Waals surface area contributed by atoms with Crippen LogP contribution in [-0.4, -0.2) is 98.1 Å². The molecule has 65 heavy (non-hydrogen) atoms. The summed E-state index contributed by atoms with van der Waals surface area (Å²) in [6.45, 7) is 20.5. The molecule has 5 rings (SSSR count). The van der Waals surface area contributed by atoms with Gasteiger partial charge in [0, 0.05) is 26.7 Å². The Hall–Kier alpha value is -2.28. The summed E-state index contributed by atoms with van der Waals surface area (Å²) in [6, 6.07) is 0. The second-order valence-corrected chi connectivity index (χ2v) is 21.8. The summed E-state index contributed by atoms with van der Waals surface area (Å²) in [5.74, 6) is 2.02.